The molecule has 4 heteroatoms. The molecule has 0 saturated heterocycles. The molecule has 0 unspecified atom stereocenters. The van der Waals surface area contributed by atoms with E-state index in [0.29, 0.717) is 12.2 Å². The van der Waals surface area contributed by atoms with Gasteiger partial charge in [0.15, 0.2) is 0 Å². The summed E-state index contributed by atoms with van der Waals surface area (Å²) in [6.07, 6.45) is 0.954. The van der Waals surface area contributed by atoms with Gasteiger partial charge in [-0.25, -0.2) is 0 Å². The molecule has 2 nitrogen and oxygen atoms in total. The topological polar surface area (TPSA) is 26.3 Å². The summed E-state index contributed by atoms with van der Waals surface area (Å²) < 4.78 is 6.54. The number of hydrogen-bond acceptors (Lipinski definition) is 3. The van der Waals surface area contributed by atoms with E-state index in [9.17, 15) is 4.79 Å². The Morgan fingerprint density at radius 1 is 1.37 bits per heavy atom. The molecule has 0 spiro atoms. The van der Waals surface area contributed by atoms with Crippen LogP contribution in [0.2, 0.25) is 0 Å². The molecule has 1 aromatic heterocycles. The molecule has 0 aliphatic carbocycles. The van der Waals surface area contributed by atoms with Crippen LogP contribution in [0.1, 0.15) is 33.5 Å². The second-order valence-corrected chi connectivity index (χ2v) is 6.33. The smallest absolute Gasteiger partial charge is 0.203 e. The van der Waals surface area contributed by atoms with E-state index in [4.69, 9.17) is 4.74 Å². The first kappa shape index (κ1) is 14.3. The summed E-state index contributed by atoms with van der Waals surface area (Å²) >= 11 is 4.94. The fourth-order valence-corrected chi connectivity index (χ4v) is 3.16. The third kappa shape index (κ3) is 3.45. The molecule has 0 bridgehead atoms. The number of carbonyl (C=O) groups is 1. The minimum Gasteiger partial charge on any atom is -0.494 e. The Labute approximate surface area is 125 Å². The highest BCUT2D eigenvalue weighted by atomic mass is 79.9. The summed E-state index contributed by atoms with van der Waals surface area (Å²) in [6, 6.07) is 9.24. The van der Waals surface area contributed by atoms with E-state index in [0.717, 1.165) is 26.4 Å². The first-order valence-electron chi connectivity index (χ1n) is 6.15. The standard InChI is InChI=1S/C15H15BrO2S/c1-3-7-18-12-6-4-5-11(8-12)15(17)14-9-13(16)10(2)19-14/h4-6,8-9H,3,7H2,1-2H3. The van der Waals surface area contributed by atoms with Crippen molar-refractivity contribution in [3.8, 4) is 5.75 Å². The number of hydrogen-bond donors (Lipinski definition) is 0. The van der Waals surface area contributed by atoms with Gasteiger partial charge < -0.3 is 4.74 Å². The summed E-state index contributed by atoms with van der Waals surface area (Å²) in [5, 5.41) is 0. The van der Waals surface area contributed by atoms with Gasteiger partial charge in [0, 0.05) is 14.9 Å². The first-order valence-corrected chi connectivity index (χ1v) is 7.76. The van der Waals surface area contributed by atoms with Crippen LogP contribution in [0.15, 0.2) is 34.8 Å². The van der Waals surface area contributed by atoms with Gasteiger partial charge in [-0.05, 0) is 47.5 Å². The Hall–Kier alpha value is -1.13. The van der Waals surface area contributed by atoms with Crippen LogP contribution in [0.25, 0.3) is 0 Å². The number of halogens is 1. The molecular formula is C15H15BrO2S. The van der Waals surface area contributed by atoms with Gasteiger partial charge in [0.25, 0.3) is 0 Å². The van der Waals surface area contributed by atoms with Crippen LogP contribution < -0.4 is 4.74 Å². The van der Waals surface area contributed by atoms with Crippen molar-refractivity contribution < 1.29 is 9.53 Å². The molecular weight excluding hydrogens is 324 g/mol. The van der Waals surface area contributed by atoms with Crippen LogP contribution in [0.3, 0.4) is 0 Å². The molecule has 2 aromatic rings. The molecule has 2 rings (SSSR count). The van der Waals surface area contributed by atoms with E-state index >= 15 is 0 Å². The van der Waals surface area contributed by atoms with E-state index in [-0.39, 0.29) is 5.78 Å². The Morgan fingerprint density at radius 3 is 2.79 bits per heavy atom. The van der Waals surface area contributed by atoms with Gasteiger partial charge >= 0.3 is 0 Å². The number of thiophene rings is 1. The van der Waals surface area contributed by atoms with Gasteiger partial charge in [-0.2, -0.15) is 0 Å². The summed E-state index contributed by atoms with van der Waals surface area (Å²) in [5.74, 6) is 0.792. The molecule has 0 saturated carbocycles. The SMILES string of the molecule is CCCOc1cccc(C(=O)c2cc(Br)c(C)s2)c1. The maximum Gasteiger partial charge on any atom is 0.203 e. The van der Waals surface area contributed by atoms with E-state index < -0.39 is 0 Å². The largest absolute Gasteiger partial charge is 0.494 e. The van der Waals surface area contributed by atoms with Crippen molar-refractivity contribution in [2.45, 2.75) is 20.3 Å². The van der Waals surface area contributed by atoms with Crippen LogP contribution in [-0.4, -0.2) is 12.4 Å². The monoisotopic (exact) mass is 338 g/mol. The van der Waals surface area contributed by atoms with Crippen LogP contribution in [0, 0.1) is 6.92 Å². The molecule has 0 atom stereocenters. The molecule has 0 aliphatic heterocycles. The molecule has 1 heterocycles. The third-order valence-electron chi connectivity index (χ3n) is 2.65. The molecule has 100 valence electrons. The predicted octanol–water partition coefficient (Wildman–Crippen LogP) is 4.84. The molecule has 0 amide bonds. The first-order chi connectivity index (χ1) is 9.11. The number of aryl methyl sites for hydroxylation is 1. The quantitative estimate of drug-likeness (QED) is 0.729. The fraction of sp³-hybridized carbons (Fsp3) is 0.267. The lowest BCUT2D eigenvalue weighted by atomic mass is 10.1. The summed E-state index contributed by atoms with van der Waals surface area (Å²) in [6.45, 7) is 4.72. The van der Waals surface area contributed by atoms with Gasteiger partial charge in [0.1, 0.15) is 5.75 Å². The van der Waals surface area contributed by atoms with Gasteiger partial charge in [-0.1, -0.05) is 19.1 Å². The predicted molar refractivity (Wildman–Crippen MR) is 82.4 cm³/mol. The van der Waals surface area contributed by atoms with Crippen molar-refractivity contribution in [2.24, 2.45) is 0 Å². The zero-order chi connectivity index (χ0) is 13.8. The highest BCUT2D eigenvalue weighted by Gasteiger charge is 2.14. The van der Waals surface area contributed by atoms with Crippen molar-refractivity contribution in [1.29, 1.82) is 0 Å². The minimum absolute atomic E-state index is 0.0424. The number of rotatable bonds is 5. The maximum absolute atomic E-state index is 12.4. The van der Waals surface area contributed by atoms with Crippen LogP contribution in [-0.2, 0) is 0 Å². The molecule has 0 aliphatic rings. The molecule has 0 N–H and O–H groups in total. The van der Waals surface area contributed by atoms with E-state index in [2.05, 4.69) is 22.9 Å². The fourth-order valence-electron chi connectivity index (χ4n) is 1.66. The Kier molecular flexibility index (Phi) is 4.77. The summed E-state index contributed by atoms with van der Waals surface area (Å²) in [5.41, 5.74) is 0.669. The number of ketones is 1. The minimum atomic E-state index is 0.0424. The molecule has 19 heavy (non-hydrogen) atoms. The molecule has 0 radical (unpaired) electrons. The average Bonchev–Trinajstić information content (AvgIpc) is 2.76. The van der Waals surface area contributed by atoms with Gasteiger partial charge in [0.05, 0.1) is 11.5 Å². The van der Waals surface area contributed by atoms with E-state index in [1.54, 1.807) is 6.07 Å². The highest BCUT2D eigenvalue weighted by molar-refractivity contribution is 9.10. The summed E-state index contributed by atoms with van der Waals surface area (Å²) in [4.78, 5) is 14.2. The number of carbonyl (C=O) groups excluding carboxylic acids is 1. The van der Waals surface area contributed by atoms with Crippen LogP contribution in [0.4, 0.5) is 0 Å². The van der Waals surface area contributed by atoms with Crippen molar-refractivity contribution in [1.82, 2.24) is 0 Å². The lowest BCUT2D eigenvalue weighted by Gasteiger charge is -2.05. The maximum atomic E-state index is 12.4. The van der Waals surface area contributed by atoms with Gasteiger partial charge in [0.2, 0.25) is 5.78 Å². The Bertz CT molecular complexity index is 570. The second kappa shape index (κ2) is 6.35. The summed E-state index contributed by atoms with van der Waals surface area (Å²) in [7, 11) is 0. The zero-order valence-corrected chi connectivity index (χ0v) is 13.3. The second-order valence-electron chi connectivity index (χ2n) is 4.22. The van der Waals surface area contributed by atoms with Crippen molar-refractivity contribution in [2.75, 3.05) is 6.61 Å². The lowest BCUT2D eigenvalue weighted by molar-refractivity contribution is 0.104. The van der Waals surface area contributed by atoms with E-state index in [1.807, 2.05) is 31.2 Å². The van der Waals surface area contributed by atoms with Crippen LogP contribution >= 0.6 is 27.3 Å². The Morgan fingerprint density at radius 2 is 2.16 bits per heavy atom. The Balaban J connectivity index is 2.23. The number of ether oxygens (including phenoxy) is 1. The highest BCUT2D eigenvalue weighted by Crippen LogP contribution is 2.28. The van der Waals surface area contributed by atoms with Crippen molar-refractivity contribution in [3.63, 3.8) is 0 Å². The van der Waals surface area contributed by atoms with Gasteiger partial charge in [-0.15, -0.1) is 11.3 Å². The average molecular weight is 339 g/mol. The van der Waals surface area contributed by atoms with E-state index in [1.165, 1.54) is 11.3 Å². The third-order valence-corrected chi connectivity index (χ3v) is 4.79. The van der Waals surface area contributed by atoms with Crippen molar-refractivity contribution in [3.05, 3.63) is 50.1 Å². The lowest BCUT2D eigenvalue weighted by Crippen LogP contribution is -2.00. The van der Waals surface area contributed by atoms with Crippen molar-refractivity contribution >= 4 is 33.0 Å². The zero-order valence-electron chi connectivity index (χ0n) is 10.9. The van der Waals surface area contributed by atoms with Gasteiger partial charge in [-0.3, -0.25) is 4.79 Å². The number of benzene rings is 1. The molecule has 1 aromatic carbocycles. The van der Waals surface area contributed by atoms with Crippen LogP contribution in [0.5, 0.6) is 5.75 Å². The normalized spacial score (nSPS) is 10.5. The molecule has 0 fully saturated rings.